The molecule has 120 valence electrons. The van der Waals surface area contributed by atoms with Crippen molar-refractivity contribution >= 4 is 23.0 Å². The van der Waals surface area contributed by atoms with E-state index in [2.05, 4.69) is 10.6 Å². The maximum Gasteiger partial charge on any atom is 0.293 e. The standard InChI is InChI=1S/C16H16FN3O3/c1-10-3-5-14(15(7-10)20(22)23)19-16(21)9-18-13-6-4-12(17)8-11(13)2/h3-8,18H,9H2,1-2H3,(H,19,21). The van der Waals surface area contributed by atoms with Crippen molar-refractivity contribution in [3.63, 3.8) is 0 Å². The number of rotatable bonds is 5. The molecule has 7 heteroatoms. The molecule has 0 heterocycles. The van der Waals surface area contributed by atoms with E-state index in [0.29, 0.717) is 11.3 Å². The summed E-state index contributed by atoms with van der Waals surface area (Å²) in [6.07, 6.45) is 0. The average molecular weight is 317 g/mol. The lowest BCUT2D eigenvalue weighted by Gasteiger charge is -2.10. The number of anilines is 2. The van der Waals surface area contributed by atoms with Gasteiger partial charge < -0.3 is 10.6 Å². The molecular weight excluding hydrogens is 301 g/mol. The van der Waals surface area contributed by atoms with Crippen molar-refractivity contribution in [3.05, 3.63) is 63.5 Å². The Morgan fingerprint density at radius 2 is 1.87 bits per heavy atom. The van der Waals surface area contributed by atoms with Crippen LogP contribution in [0.1, 0.15) is 11.1 Å². The second-order valence-electron chi connectivity index (χ2n) is 5.14. The van der Waals surface area contributed by atoms with E-state index < -0.39 is 10.8 Å². The Balaban J connectivity index is 2.04. The van der Waals surface area contributed by atoms with E-state index in [-0.39, 0.29) is 23.7 Å². The fourth-order valence-corrected chi connectivity index (χ4v) is 2.09. The maximum absolute atomic E-state index is 13.0. The number of carbonyl (C=O) groups excluding carboxylic acids is 1. The number of nitro groups is 1. The molecule has 1 amide bonds. The molecule has 0 spiro atoms. The number of aryl methyl sites for hydroxylation is 2. The first kappa shape index (κ1) is 16.4. The number of halogens is 1. The molecule has 0 aliphatic rings. The quantitative estimate of drug-likeness (QED) is 0.654. The zero-order valence-electron chi connectivity index (χ0n) is 12.7. The van der Waals surface area contributed by atoms with Gasteiger partial charge in [-0.05, 0) is 49.2 Å². The summed E-state index contributed by atoms with van der Waals surface area (Å²) in [7, 11) is 0. The molecule has 0 atom stereocenters. The van der Waals surface area contributed by atoms with Crippen molar-refractivity contribution in [2.24, 2.45) is 0 Å². The highest BCUT2D eigenvalue weighted by atomic mass is 19.1. The number of nitro benzene ring substituents is 1. The van der Waals surface area contributed by atoms with Crippen molar-refractivity contribution in [1.82, 2.24) is 0 Å². The van der Waals surface area contributed by atoms with Gasteiger partial charge in [0.1, 0.15) is 11.5 Å². The largest absolute Gasteiger partial charge is 0.376 e. The lowest BCUT2D eigenvalue weighted by atomic mass is 10.2. The molecule has 2 N–H and O–H groups in total. The molecule has 23 heavy (non-hydrogen) atoms. The summed E-state index contributed by atoms with van der Waals surface area (Å²) in [5.41, 5.74) is 2.01. The number of nitrogens with zero attached hydrogens (tertiary/aromatic N) is 1. The first-order valence-corrected chi connectivity index (χ1v) is 6.92. The number of nitrogens with one attached hydrogen (secondary N) is 2. The van der Waals surface area contributed by atoms with Gasteiger partial charge in [0, 0.05) is 11.8 Å². The van der Waals surface area contributed by atoms with Gasteiger partial charge in [0.25, 0.3) is 5.69 Å². The van der Waals surface area contributed by atoms with Crippen LogP contribution in [0.2, 0.25) is 0 Å². The lowest BCUT2D eigenvalue weighted by molar-refractivity contribution is -0.384. The second kappa shape index (κ2) is 6.87. The van der Waals surface area contributed by atoms with E-state index in [1.54, 1.807) is 19.9 Å². The summed E-state index contributed by atoms with van der Waals surface area (Å²) in [5.74, 6) is -0.784. The summed E-state index contributed by atoms with van der Waals surface area (Å²) in [6, 6.07) is 8.75. The van der Waals surface area contributed by atoms with Crippen molar-refractivity contribution in [1.29, 1.82) is 0 Å². The first-order valence-electron chi connectivity index (χ1n) is 6.92. The van der Waals surface area contributed by atoms with E-state index in [9.17, 15) is 19.3 Å². The third-order valence-electron chi connectivity index (χ3n) is 3.25. The highest BCUT2D eigenvalue weighted by Gasteiger charge is 2.15. The first-order chi connectivity index (χ1) is 10.9. The Morgan fingerprint density at radius 1 is 1.17 bits per heavy atom. The predicted octanol–water partition coefficient (Wildman–Crippen LogP) is 3.40. The van der Waals surface area contributed by atoms with Gasteiger partial charge in [-0.2, -0.15) is 0 Å². The van der Waals surface area contributed by atoms with E-state index >= 15 is 0 Å². The van der Waals surface area contributed by atoms with Crippen LogP contribution in [0, 0.1) is 29.8 Å². The van der Waals surface area contributed by atoms with Crippen LogP contribution in [0.4, 0.5) is 21.5 Å². The van der Waals surface area contributed by atoms with Crippen LogP contribution in [0.25, 0.3) is 0 Å². The summed E-state index contributed by atoms with van der Waals surface area (Å²) < 4.78 is 13.0. The van der Waals surface area contributed by atoms with Gasteiger partial charge in [0.15, 0.2) is 0 Å². The van der Waals surface area contributed by atoms with Gasteiger partial charge in [0.05, 0.1) is 11.5 Å². The maximum atomic E-state index is 13.0. The van der Waals surface area contributed by atoms with Crippen LogP contribution < -0.4 is 10.6 Å². The van der Waals surface area contributed by atoms with Crippen LogP contribution in [0.15, 0.2) is 36.4 Å². The number of benzene rings is 2. The molecule has 0 unspecified atom stereocenters. The highest BCUT2D eigenvalue weighted by molar-refractivity contribution is 5.95. The van der Waals surface area contributed by atoms with Crippen LogP contribution >= 0.6 is 0 Å². The van der Waals surface area contributed by atoms with Crippen molar-refractivity contribution in [2.75, 3.05) is 17.2 Å². The highest BCUT2D eigenvalue weighted by Crippen LogP contribution is 2.25. The minimum Gasteiger partial charge on any atom is -0.376 e. The van der Waals surface area contributed by atoms with Gasteiger partial charge in [-0.25, -0.2) is 4.39 Å². The summed E-state index contributed by atoms with van der Waals surface area (Å²) in [5, 5.41) is 16.4. The van der Waals surface area contributed by atoms with Crippen molar-refractivity contribution in [3.8, 4) is 0 Å². The Bertz CT molecular complexity index is 762. The third kappa shape index (κ3) is 4.26. The van der Waals surface area contributed by atoms with E-state index in [1.807, 2.05) is 0 Å². The molecule has 0 aliphatic carbocycles. The Labute approximate surface area is 132 Å². The Hall–Kier alpha value is -2.96. The average Bonchev–Trinajstić information content (AvgIpc) is 2.48. The predicted molar refractivity (Wildman–Crippen MR) is 86.1 cm³/mol. The van der Waals surface area contributed by atoms with Crippen molar-refractivity contribution < 1.29 is 14.1 Å². The van der Waals surface area contributed by atoms with Crippen LogP contribution in [0.3, 0.4) is 0 Å². The topological polar surface area (TPSA) is 84.3 Å². The number of hydrogen-bond donors (Lipinski definition) is 2. The molecule has 0 saturated carbocycles. The number of carbonyl (C=O) groups is 1. The fraction of sp³-hybridized carbons (Fsp3) is 0.188. The van der Waals surface area contributed by atoms with Gasteiger partial charge >= 0.3 is 0 Å². The molecule has 6 nitrogen and oxygen atoms in total. The smallest absolute Gasteiger partial charge is 0.293 e. The summed E-state index contributed by atoms with van der Waals surface area (Å²) in [6.45, 7) is 3.36. The summed E-state index contributed by atoms with van der Waals surface area (Å²) >= 11 is 0. The second-order valence-corrected chi connectivity index (χ2v) is 5.14. The molecule has 0 aromatic heterocycles. The van der Waals surface area contributed by atoms with Crippen LogP contribution in [-0.2, 0) is 4.79 Å². The zero-order chi connectivity index (χ0) is 17.0. The van der Waals surface area contributed by atoms with E-state index in [1.165, 1.54) is 30.3 Å². The minimum absolute atomic E-state index is 0.0858. The molecular formula is C16H16FN3O3. The molecule has 2 rings (SSSR count). The molecule has 2 aromatic rings. The van der Waals surface area contributed by atoms with Crippen LogP contribution in [-0.4, -0.2) is 17.4 Å². The normalized spacial score (nSPS) is 10.2. The Kier molecular flexibility index (Phi) is 4.90. The van der Waals surface area contributed by atoms with E-state index in [0.717, 1.165) is 5.56 Å². The van der Waals surface area contributed by atoms with Gasteiger partial charge in [0.2, 0.25) is 5.91 Å². The molecule has 0 saturated heterocycles. The van der Waals surface area contributed by atoms with Gasteiger partial charge in [-0.1, -0.05) is 6.07 Å². The molecule has 2 aromatic carbocycles. The van der Waals surface area contributed by atoms with Crippen LogP contribution in [0.5, 0.6) is 0 Å². The fourth-order valence-electron chi connectivity index (χ4n) is 2.09. The molecule has 0 radical (unpaired) electrons. The van der Waals surface area contributed by atoms with E-state index in [4.69, 9.17) is 0 Å². The molecule has 0 fully saturated rings. The molecule has 0 aliphatic heterocycles. The van der Waals surface area contributed by atoms with Gasteiger partial charge in [-0.15, -0.1) is 0 Å². The molecule has 0 bridgehead atoms. The summed E-state index contributed by atoms with van der Waals surface area (Å²) in [4.78, 5) is 22.4. The number of amides is 1. The third-order valence-corrected chi connectivity index (χ3v) is 3.25. The lowest BCUT2D eigenvalue weighted by Crippen LogP contribution is -2.22. The number of hydrogen-bond acceptors (Lipinski definition) is 4. The minimum atomic E-state index is -0.542. The Morgan fingerprint density at radius 3 is 2.52 bits per heavy atom. The SMILES string of the molecule is Cc1ccc(NC(=O)CNc2ccc(F)cc2C)c([N+](=O)[O-])c1. The monoisotopic (exact) mass is 317 g/mol. The van der Waals surface area contributed by atoms with Crippen molar-refractivity contribution in [2.45, 2.75) is 13.8 Å². The van der Waals surface area contributed by atoms with Gasteiger partial charge in [-0.3, -0.25) is 14.9 Å². The zero-order valence-corrected chi connectivity index (χ0v) is 12.7.